The Kier molecular flexibility index (Phi) is 1.98. The molecule has 0 fully saturated rings. The standard InChI is InChI=1S/C23H14/c1-2-4-14-6-8-16-10-12-18-13-11-17-9-7-15(5-3-1)20-19(14)21(16)23(18)22(17)20/h2-13H,1H2/b4-2-,5-3-. The van der Waals surface area contributed by atoms with Crippen LogP contribution in [0.25, 0.3) is 55.6 Å². The minimum atomic E-state index is 0.987. The van der Waals surface area contributed by atoms with Gasteiger partial charge in [-0.25, -0.2) is 0 Å². The molecule has 0 atom stereocenters. The van der Waals surface area contributed by atoms with Gasteiger partial charge in [0.2, 0.25) is 0 Å². The van der Waals surface area contributed by atoms with Gasteiger partial charge >= 0.3 is 0 Å². The quantitative estimate of drug-likeness (QED) is 0.283. The van der Waals surface area contributed by atoms with Crippen molar-refractivity contribution >= 4 is 44.5 Å². The van der Waals surface area contributed by atoms with Gasteiger partial charge in [-0.05, 0) is 61.0 Å². The first-order valence-corrected chi connectivity index (χ1v) is 8.20. The third kappa shape index (κ3) is 1.33. The summed E-state index contributed by atoms with van der Waals surface area (Å²) in [6.07, 6.45) is 10.1. The zero-order valence-corrected chi connectivity index (χ0v) is 12.6. The van der Waals surface area contributed by atoms with Crippen LogP contribution in [0.2, 0.25) is 0 Å². The predicted octanol–water partition coefficient (Wildman–Crippen LogP) is 6.56. The molecule has 23 heavy (non-hydrogen) atoms. The lowest BCUT2D eigenvalue weighted by Crippen LogP contribution is -1.85. The summed E-state index contributed by atoms with van der Waals surface area (Å²) in [5, 5.41) is 8.37. The predicted molar refractivity (Wildman–Crippen MR) is 101 cm³/mol. The molecule has 0 radical (unpaired) electrons. The van der Waals surface area contributed by atoms with E-state index >= 15 is 0 Å². The normalized spacial score (nSPS) is 17.2. The molecule has 0 bridgehead atoms. The Morgan fingerprint density at radius 3 is 1.43 bits per heavy atom. The van der Waals surface area contributed by atoms with Crippen LogP contribution in [0, 0.1) is 0 Å². The Labute approximate surface area is 134 Å². The fourth-order valence-electron chi connectivity index (χ4n) is 4.37. The van der Waals surface area contributed by atoms with E-state index in [1.54, 1.807) is 0 Å². The van der Waals surface area contributed by atoms with Crippen molar-refractivity contribution in [2.75, 3.05) is 0 Å². The number of hydrogen-bond acceptors (Lipinski definition) is 0. The molecule has 0 heteroatoms. The zero-order valence-electron chi connectivity index (χ0n) is 12.6. The summed E-state index contributed by atoms with van der Waals surface area (Å²) in [4.78, 5) is 0. The van der Waals surface area contributed by atoms with Crippen LogP contribution < -0.4 is 0 Å². The fraction of sp³-hybridized carbons (Fsp3) is 0.0435. The van der Waals surface area contributed by atoms with Crippen LogP contribution in [-0.2, 0) is 0 Å². The van der Waals surface area contributed by atoms with Crippen LogP contribution in [-0.4, -0.2) is 0 Å². The van der Waals surface area contributed by atoms with Gasteiger partial charge in [-0.1, -0.05) is 72.8 Å². The van der Waals surface area contributed by atoms with E-state index in [2.05, 4.69) is 72.8 Å². The molecule has 0 aromatic heterocycles. The molecule has 106 valence electrons. The molecule has 6 rings (SSSR count). The van der Waals surface area contributed by atoms with Gasteiger partial charge in [-0.15, -0.1) is 0 Å². The molecule has 0 nitrogen and oxygen atoms in total. The Morgan fingerprint density at radius 2 is 0.913 bits per heavy atom. The van der Waals surface area contributed by atoms with Crippen LogP contribution in [0.3, 0.4) is 0 Å². The molecule has 4 aromatic carbocycles. The summed E-state index contributed by atoms with van der Waals surface area (Å²) in [5.41, 5.74) is 5.55. The molecule has 0 aliphatic heterocycles. The van der Waals surface area contributed by atoms with E-state index < -0.39 is 0 Å². The minimum absolute atomic E-state index is 0.987. The molecule has 0 saturated carbocycles. The van der Waals surface area contributed by atoms with E-state index in [9.17, 15) is 0 Å². The molecular weight excluding hydrogens is 276 g/mol. The average molecular weight is 290 g/mol. The van der Waals surface area contributed by atoms with Gasteiger partial charge in [-0.2, -0.15) is 0 Å². The van der Waals surface area contributed by atoms with E-state index in [4.69, 9.17) is 0 Å². The van der Waals surface area contributed by atoms with Gasteiger partial charge in [0.05, 0.1) is 0 Å². The van der Waals surface area contributed by atoms with Crippen molar-refractivity contribution in [2.24, 2.45) is 0 Å². The largest absolute Gasteiger partial charge is 0.0801 e. The van der Waals surface area contributed by atoms with Gasteiger partial charge in [0, 0.05) is 0 Å². The van der Waals surface area contributed by atoms with Gasteiger partial charge < -0.3 is 0 Å². The number of allylic oxidation sites excluding steroid dienone is 2. The summed E-state index contributed by atoms with van der Waals surface area (Å²) in [7, 11) is 0. The van der Waals surface area contributed by atoms with Gasteiger partial charge in [0.1, 0.15) is 0 Å². The van der Waals surface area contributed by atoms with Gasteiger partial charge in [0.25, 0.3) is 0 Å². The Morgan fingerprint density at radius 1 is 0.478 bits per heavy atom. The third-order valence-electron chi connectivity index (χ3n) is 5.33. The van der Waals surface area contributed by atoms with E-state index in [-0.39, 0.29) is 0 Å². The highest BCUT2D eigenvalue weighted by atomic mass is 14.3. The highest BCUT2D eigenvalue weighted by Crippen LogP contribution is 2.51. The maximum absolute atomic E-state index is 2.29. The van der Waals surface area contributed by atoms with E-state index in [0.29, 0.717) is 0 Å². The highest BCUT2D eigenvalue weighted by molar-refractivity contribution is 6.34. The van der Waals surface area contributed by atoms with Crippen molar-refractivity contribution < 1.29 is 0 Å². The van der Waals surface area contributed by atoms with Crippen LogP contribution in [0.5, 0.6) is 0 Å². The molecule has 0 spiro atoms. The lowest BCUT2D eigenvalue weighted by molar-refractivity contribution is 1.43. The first-order valence-electron chi connectivity index (χ1n) is 8.20. The molecule has 2 aliphatic rings. The molecule has 0 N–H and O–H groups in total. The van der Waals surface area contributed by atoms with Crippen molar-refractivity contribution in [1.29, 1.82) is 0 Å². The maximum Gasteiger partial charge on any atom is -0.00139 e. The smallest absolute Gasteiger partial charge is 0.00139 e. The van der Waals surface area contributed by atoms with Crippen molar-refractivity contribution in [1.82, 2.24) is 0 Å². The Balaban J connectivity index is 2.04. The van der Waals surface area contributed by atoms with Crippen molar-refractivity contribution in [3.63, 3.8) is 0 Å². The summed E-state index contributed by atoms with van der Waals surface area (Å²) < 4.78 is 0. The summed E-state index contributed by atoms with van der Waals surface area (Å²) in [6.45, 7) is 0. The van der Waals surface area contributed by atoms with Gasteiger partial charge in [-0.3, -0.25) is 0 Å². The van der Waals surface area contributed by atoms with E-state index in [1.165, 1.54) is 54.6 Å². The van der Waals surface area contributed by atoms with Crippen LogP contribution in [0.15, 0.2) is 60.7 Å². The van der Waals surface area contributed by atoms with Crippen molar-refractivity contribution in [2.45, 2.75) is 6.42 Å². The first-order chi connectivity index (χ1) is 11.4. The highest BCUT2D eigenvalue weighted by Gasteiger charge is 2.24. The topological polar surface area (TPSA) is 0 Å². The molecule has 0 heterocycles. The van der Waals surface area contributed by atoms with Crippen LogP contribution in [0.4, 0.5) is 0 Å². The van der Waals surface area contributed by atoms with Gasteiger partial charge in [0.15, 0.2) is 0 Å². The average Bonchev–Trinajstić information content (AvgIpc) is 2.99. The Bertz CT molecular complexity index is 1130. The second-order valence-corrected chi connectivity index (χ2v) is 6.53. The summed E-state index contributed by atoms with van der Waals surface area (Å²) in [5.74, 6) is 0. The molecule has 4 aromatic rings. The van der Waals surface area contributed by atoms with E-state index in [0.717, 1.165) is 6.42 Å². The number of benzene rings is 4. The molecule has 0 amide bonds. The molecule has 2 aliphatic carbocycles. The van der Waals surface area contributed by atoms with Crippen molar-refractivity contribution in [3.8, 4) is 11.1 Å². The van der Waals surface area contributed by atoms with E-state index in [1.807, 2.05) is 0 Å². The monoisotopic (exact) mass is 290 g/mol. The maximum atomic E-state index is 2.29. The Hall–Kier alpha value is -2.86. The second-order valence-electron chi connectivity index (χ2n) is 6.53. The van der Waals surface area contributed by atoms with Crippen LogP contribution >= 0.6 is 0 Å². The first kappa shape index (κ1) is 11.7. The lowest BCUT2D eigenvalue weighted by atomic mass is 9.93. The molecule has 0 unspecified atom stereocenters. The number of hydrogen-bond donors (Lipinski definition) is 0. The summed E-state index contributed by atoms with van der Waals surface area (Å²) >= 11 is 0. The van der Waals surface area contributed by atoms with Crippen LogP contribution in [0.1, 0.15) is 17.5 Å². The molecular formula is C23H14. The number of rotatable bonds is 0. The minimum Gasteiger partial charge on any atom is -0.0801 e. The zero-order chi connectivity index (χ0) is 15.0. The second kappa shape index (κ2) is 3.91. The third-order valence-corrected chi connectivity index (χ3v) is 5.33. The SMILES string of the molecule is C1=C\c2ccc3ccc4ccc5ccc(c6c5c4c3c2-6)/C=C\C/1. The fourth-order valence-corrected chi connectivity index (χ4v) is 4.37. The van der Waals surface area contributed by atoms with Crippen molar-refractivity contribution in [3.05, 3.63) is 71.8 Å². The lowest BCUT2D eigenvalue weighted by Gasteiger charge is -2.10. The molecule has 0 saturated heterocycles. The summed E-state index contributed by atoms with van der Waals surface area (Å²) in [6, 6.07) is 18.2.